The van der Waals surface area contributed by atoms with Gasteiger partial charge in [-0.1, -0.05) is 12.1 Å². The molecule has 1 aliphatic heterocycles. The van der Waals surface area contributed by atoms with E-state index >= 15 is 0 Å². The van der Waals surface area contributed by atoms with Crippen molar-refractivity contribution < 1.29 is 13.9 Å². The zero-order valence-corrected chi connectivity index (χ0v) is 14.6. The standard InChI is InChI=1S/C19H21FN4O2/c1-25-14-4-2-13(3-5-14)9-24-10-15(20)18(11-24)26-12-19-22-16-6-7-21-8-17(16)23-19/h2-8,15,18H,9-12H2,1H3,(H,22,23)/t15-,18+/m1/s1. The lowest BCUT2D eigenvalue weighted by Crippen LogP contribution is -2.24. The fraction of sp³-hybridized carbons (Fsp3) is 0.368. The van der Waals surface area contributed by atoms with Gasteiger partial charge < -0.3 is 14.5 Å². The number of imidazole rings is 1. The molecule has 136 valence electrons. The summed E-state index contributed by atoms with van der Waals surface area (Å²) >= 11 is 0. The molecule has 3 aromatic rings. The van der Waals surface area contributed by atoms with Gasteiger partial charge in [0.25, 0.3) is 0 Å². The number of alkyl halides is 1. The second kappa shape index (κ2) is 7.39. The molecular formula is C19H21FN4O2. The Bertz CT molecular complexity index is 834. The van der Waals surface area contributed by atoms with E-state index in [4.69, 9.17) is 9.47 Å². The van der Waals surface area contributed by atoms with Crippen molar-refractivity contribution in [3.8, 4) is 5.75 Å². The first kappa shape index (κ1) is 16.9. The van der Waals surface area contributed by atoms with Gasteiger partial charge in [-0.3, -0.25) is 9.88 Å². The maximum atomic E-state index is 14.3. The quantitative estimate of drug-likeness (QED) is 0.736. The van der Waals surface area contributed by atoms with E-state index in [9.17, 15) is 4.39 Å². The van der Waals surface area contributed by atoms with Crippen LogP contribution in [-0.4, -0.2) is 52.3 Å². The molecule has 1 aromatic carbocycles. The van der Waals surface area contributed by atoms with Crippen LogP contribution in [0, 0.1) is 0 Å². The summed E-state index contributed by atoms with van der Waals surface area (Å²) in [5.74, 6) is 1.51. The Morgan fingerprint density at radius 3 is 2.85 bits per heavy atom. The molecule has 26 heavy (non-hydrogen) atoms. The van der Waals surface area contributed by atoms with Gasteiger partial charge >= 0.3 is 0 Å². The Morgan fingerprint density at radius 1 is 1.23 bits per heavy atom. The summed E-state index contributed by atoms with van der Waals surface area (Å²) in [6.07, 6.45) is 1.97. The number of hydrogen-bond acceptors (Lipinski definition) is 5. The number of methoxy groups -OCH3 is 1. The molecule has 1 fully saturated rings. The molecule has 0 spiro atoms. The van der Waals surface area contributed by atoms with Crippen LogP contribution in [0.25, 0.3) is 11.0 Å². The summed E-state index contributed by atoms with van der Waals surface area (Å²) in [6, 6.07) is 9.68. The van der Waals surface area contributed by atoms with Gasteiger partial charge in [0.15, 0.2) is 0 Å². The molecule has 3 heterocycles. The number of likely N-dealkylation sites (tertiary alicyclic amines) is 1. The average Bonchev–Trinajstić information content (AvgIpc) is 3.23. The van der Waals surface area contributed by atoms with Crippen LogP contribution in [0.1, 0.15) is 11.4 Å². The van der Waals surface area contributed by atoms with Gasteiger partial charge in [0.2, 0.25) is 0 Å². The molecule has 1 saturated heterocycles. The smallest absolute Gasteiger partial charge is 0.140 e. The van der Waals surface area contributed by atoms with E-state index in [-0.39, 0.29) is 6.61 Å². The second-order valence-corrected chi connectivity index (χ2v) is 6.48. The van der Waals surface area contributed by atoms with Crippen LogP contribution in [-0.2, 0) is 17.9 Å². The molecule has 0 radical (unpaired) electrons. The van der Waals surface area contributed by atoms with E-state index in [1.165, 1.54) is 0 Å². The van der Waals surface area contributed by atoms with Gasteiger partial charge in [-0.2, -0.15) is 0 Å². The Morgan fingerprint density at radius 2 is 2.08 bits per heavy atom. The van der Waals surface area contributed by atoms with Crippen molar-refractivity contribution in [2.24, 2.45) is 0 Å². The number of nitrogens with zero attached hydrogens (tertiary/aromatic N) is 3. The molecule has 0 saturated carbocycles. The molecule has 0 bridgehead atoms. The Kier molecular flexibility index (Phi) is 4.81. The van der Waals surface area contributed by atoms with Crippen LogP contribution < -0.4 is 4.74 Å². The van der Waals surface area contributed by atoms with Crippen LogP contribution in [0.4, 0.5) is 4.39 Å². The monoisotopic (exact) mass is 356 g/mol. The number of H-pyrrole nitrogens is 1. The van der Waals surface area contributed by atoms with Crippen molar-refractivity contribution >= 4 is 11.0 Å². The first-order valence-electron chi connectivity index (χ1n) is 8.61. The molecule has 1 N–H and O–H groups in total. The number of pyridine rings is 1. The number of fused-ring (bicyclic) bond motifs is 1. The number of rotatable bonds is 6. The summed E-state index contributed by atoms with van der Waals surface area (Å²) in [5, 5.41) is 0. The van der Waals surface area contributed by atoms with E-state index in [1.54, 1.807) is 19.5 Å². The lowest BCUT2D eigenvalue weighted by atomic mass is 10.2. The molecule has 2 atom stereocenters. The van der Waals surface area contributed by atoms with Gasteiger partial charge in [0.05, 0.1) is 24.3 Å². The van der Waals surface area contributed by atoms with Crippen molar-refractivity contribution in [1.29, 1.82) is 0 Å². The van der Waals surface area contributed by atoms with E-state index in [0.29, 0.717) is 25.5 Å². The predicted octanol–water partition coefficient (Wildman–Crippen LogP) is 2.71. The molecule has 0 amide bonds. The molecule has 0 unspecified atom stereocenters. The number of nitrogens with one attached hydrogen (secondary N) is 1. The Labute approximate surface area is 151 Å². The molecule has 2 aromatic heterocycles. The van der Waals surface area contributed by atoms with E-state index in [0.717, 1.165) is 22.3 Å². The summed E-state index contributed by atoms with van der Waals surface area (Å²) in [5.41, 5.74) is 2.82. The van der Waals surface area contributed by atoms with Crippen molar-refractivity contribution in [2.75, 3.05) is 20.2 Å². The van der Waals surface area contributed by atoms with Gasteiger partial charge in [-0.15, -0.1) is 0 Å². The predicted molar refractivity (Wildman–Crippen MR) is 95.6 cm³/mol. The van der Waals surface area contributed by atoms with Crippen LogP contribution in [0.15, 0.2) is 42.7 Å². The number of benzene rings is 1. The molecule has 1 aliphatic rings. The zero-order valence-electron chi connectivity index (χ0n) is 14.6. The molecule has 4 rings (SSSR count). The maximum Gasteiger partial charge on any atom is 0.140 e. The number of hydrogen-bond donors (Lipinski definition) is 1. The lowest BCUT2D eigenvalue weighted by Gasteiger charge is -2.15. The van der Waals surface area contributed by atoms with Gasteiger partial charge in [-0.05, 0) is 23.8 Å². The first-order valence-corrected chi connectivity index (χ1v) is 8.61. The number of halogens is 1. The highest BCUT2D eigenvalue weighted by Gasteiger charge is 2.33. The molecule has 6 nitrogen and oxygen atoms in total. The van der Waals surface area contributed by atoms with Crippen molar-refractivity contribution in [3.05, 3.63) is 54.1 Å². The third-order valence-corrected chi connectivity index (χ3v) is 4.61. The summed E-state index contributed by atoms with van der Waals surface area (Å²) < 4.78 is 25.3. The molecule has 0 aliphatic carbocycles. The fourth-order valence-corrected chi connectivity index (χ4v) is 3.25. The van der Waals surface area contributed by atoms with Gasteiger partial charge in [0.1, 0.15) is 30.5 Å². The summed E-state index contributed by atoms with van der Waals surface area (Å²) in [7, 11) is 1.64. The third-order valence-electron chi connectivity index (χ3n) is 4.61. The summed E-state index contributed by atoms with van der Waals surface area (Å²) in [4.78, 5) is 13.7. The average molecular weight is 356 g/mol. The normalized spacial score (nSPS) is 20.7. The highest BCUT2D eigenvalue weighted by molar-refractivity contribution is 5.73. The minimum Gasteiger partial charge on any atom is -0.497 e. The Balaban J connectivity index is 1.33. The van der Waals surface area contributed by atoms with Crippen LogP contribution in [0.5, 0.6) is 5.75 Å². The summed E-state index contributed by atoms with van der Waals surface area (Å²) in [6.45, 7) is 1.90. The minimum atomic E-state index is -1.00. The largest absolute Gasteiger partial charge is 0.497 e. The van der Waals surface area contributed by atoms with Crippen LogP contribution >= 0.6 is 0 Å². The molecular weight excluding hydrogens is 335 g/mol. The number of ether oxygens (including phenoxy) is 2. The first-order chi connectivity index (χ1) is 12.7. The van der Waals surface area contributed by atoms with Crippen molar-refractivity contribution in [1.82, 2.24) is 19.9 Å². The van der Waals surface area contributed by atoms with E-state index in [2.05, 4.69) is 19.9 Å². The second-order valence-electron chi connectivity index (χ2n) is 6.48. The number of aromatic nitrogens is 3. The van der Waals surface area contributed by atoms with E-state index < -0.39 is 12.3 Å². The highest BCUT2D eigenvalue weighted by Crippen LogP contribution is 2.21. The minimum absolute atomic E-state index is 0.260. The van der Waals surface area contributed by atoms with Crippen LogP contribution in [0.2, 0.25) is 0 Å². The van der Waals surface area contributed by atoms with Crippen molar-refractivity contribution in [3.63, 3.8) is 0 Å². The fourth-order valence-electron chi connectivity index (χ4n) is 3.25. The maximum absolute atomic E-state index is 14.3. The van der Waals surface area contributed by atoms with Gasteiger partial charge in [0, 0.05) is 25.8 Å². The van der Waals surface area contributed by atoms with E-state index in [1.807, 2.05) is 30.3 Å². The lowest BCUT2D eigenvalue weighted by molar-refractivity contribution is 0.00863. The Hall–Kier alpha value is -2.51. The van der Waals surface area contributed by atoms with Crippen LogP contribution in [0.3, 0.4) is 0 Å². The van der Waals surface area contributed by atoms with Crippen molar-refractivity contribution in [2.45, 2.75) is 25.4 Å². The third kappa shape index (κ3) is 3.68. The molecule has 7 heteroatoms. The highest BCUT2D eigenvalue weighted by atomic mass is 19.1. The topological polar surface area (TPSA) is 63.3 Å². The SMILES string of the molecule is COc1ccc(CN2C[C@@H](F)[C@@H](OCc3nc4ccncc4[nH]3)C2)cc1. The number of aromatic amines is 1. The zero-order chi connectivity index (χ0) is 17.9. The van der Waals surface area contributed by atoms with Gasteiger partial charge in [-0.25, -0.2) is 9.37 Å².